The van der Waals surface area contributed by atoms with Crippen LogP contribution >= 0.6 is 12.2 Å². The first kappa shape index (κ1) is 13.5. The number of hydrogen-bond donors (Lipinski definition) is 1. The lowest BCUT2D eigenvalue weighted by atomic mass is 10.0. The van der Waals surface area contributed by atoms with Crippen molar-refractivity contribution in [3.05, 3.63) is 35.4 Å². The summed E-state index contributed by atoms with van der Waals surface area (Å²) in [6.07, 6.45) is 4.04. The maximum Gasteiger partial charge on any atom is 0.103 e. The second-order valence-corrected chi connectivity index (χ2v) is 5.68. The van der Waals surface area contributed by atoms with Gasteiger partial charge in [0.15, 0.2) is 0 Å². The van der Waals surface area contributed by atoms with Crippen LogP contribution in [0.1, 0.15) is 37.3 Å². The van der Waals surface area contributed by atoms with Crippen LogP contribution < -0.4 is 5.73 Å². The van der Waals surface area contributed by atoms with Crippen LogP contribution in [0.3, 0.4) is 0 Å². The number of likely N-dealkylation sites (tertiary alicyclic amines) is 1. The Bertz CT molecular complexity index is 399. The summed E-state index contributed by atoms with van der Waals surface area (Å²) in [6, 6.07) is 8.33. The third kappa shape index (κ3) is 3.53. The lowest BCUT2D eigenvalue weighted by molar-refractivity contribution is 0.313. The van der Waals surface area contributed by atoms with Crippen LogP contribution in [0.2, 0.25) is 0 Å². The third-order valence-electron chi connectivity index (χ3n) is 3.71. The monoisotopic (exact) mass is 262 g/mol. The zero-order valence-electron chi connectivity index (χ0n) is 11.1. The van der Waals surface area contributed by atoms with E-state index in [2.05, 4.69) is 24.0 Å². The number of rotatable bonds is 5. The highest BCUT2D eigenvalue weighted by Gasteiger charge is 2.21. The molecule has 0 radical (unpaired) electrons. The lowest BCUT2D eigenvalue weighted by Crippen LogP contribution is -2.20. The van der Waals surface area contributed by atoms with Crippen molar-refractivity contribution in [2.45, 2.75) is 32.7 Å². The summed E-state index contributed by atoms with van der Waals surface area (Å²) in [6.45, 7) is 5.82. The summed E-state index contributed by atoms with van der Waals surface area (Å²) in [5.74, 6) is 0.908. The molecule has 2 rings (SSSR count). The van der Waals surface area contributed by atoms with Gasteiger partial charge in [-0.1, -0.05) is 49.8 Å². The van der Waals surface area contributed by atoms with Crippen molar-refractivity contribution < 1.29 is 0 Å². The molecule has 3 heteroatoms. The molecule has 0 amide bonds. The Hall–Kier alpha value is -0.930. The minimum atomic E-state index is 0.478. The van der Waals surface area contributed by atoms with E-state index in [4.69, 9.17) is 18.0 Å². The lowest BCUT2D eigenvalue weighted by Gasteiger charge is -2.16. The largest absolute Gasteiger partial charge is 0.389 e. The number of hydrogen-bond acceptors (Lipinski definition) is 2. The van der Waals surface area contributed by atoms with Crippen LogP contribution in [0.4, 0.5) is 0 Å². The summed E-state index contributed by atoms with van der Waals surface area (Å²) >= 11 is 4.96. The first-order valence-corrected chi connectivity index (χ1v) is 7.21. The van der Waals surface area contributed by atoms with E-state index >= 15 is 0 Å². The SMILES string of the molecule is CCCC1CCN(Cc2ccc(C(N)=S)cc2)C1. The van der Waals surface area contributed by atoms with E-state index in [1.807, 2.05) is 12.1 Å². The summed E-state index contributed by atoms with van der Waals surface area (Å²) in [5, 5.41) is 0. The van der Waals surface area contributed by atoms with Gasteiger partial charge >= 0.3 is 0 Å². The van der Waals surface area contributed by atoms with E-state index in [1.54, 1.807) is 0 Å². The molecule has 0 aromatic heterocycles. The Kier molecular flexibility index (Phi) is 4.72. The van der Waals surface area contributed by atoms with Gasteiger partial charge in [0, 0.05) is 18.7 Å². The second kappa shape index (κ2) is 6.30. The van der Waals surface area contributed by atoms with Gasteiger partial charge in [-0.3, -0.25) is 4.90 Å². The summed E-state index contributed by atoms with van der Waals surface area (Å²) < 4.78 is 0. The van der Waals surface area contributed by atoms with Gasteiger partial charge < -0.3 is 5.73 Å². The minimum Gasteiger partial charge on any atom is -0.389 e. The topological polar surface area (TPSA) is 29.3 Å². The van der Waals surface area contributed by atoms with Crippen molar-refractivity contribution in [3.8, 4) is 0 Å². The molecule has 2 nitrogen and oxygen atoms in total. The molecule has 0 aliphatic carbocycles. The molecule has 1 atom stereocenters. The molecule has 1 aliphatic heterocycles. The van der Waals surface area contributed by atoms with Crippen molar-refractivity contribution in [2.24, 2.45) is 11.7 Å². The van der Waals surface area contributed by atoms with Crippen LogP contribution in [0.25, 0.3) is 0 Å². The molecule has 1 fully saturated rings. The van der Waals surface area contributed by atoms with Gasteiger partial charge in [-0.15, -0.1) is 0 Å². The normalized spacial score (nSPS) is 20.2. The van der Waals surface area contributed by atoms with Gasteiger partial charge in [0.2, 0.25) is 0 Å². The summed E-state index contributed by atoms with van der Waals surface area (Å²) in [7, 11) is 0. The van der Waals surface area contributed by atoms with Gasteiger partial charge in [0.05, 0.1) is 0 Å². The van der Waals surface area contributed by atoms with Gasteiger partial charge in [-0.25, -0.2) is 0 Å². The molecule has 0 spiro atoms. The van der Waals surface area contributed by atoms with Crippen LogP contribution in [0.5, 0.6) is 0 Å². The Morgan fingerprint density at radius 3 is 2.72 bits per heavy atom. The van der Waals surface area contributed by atoms with Crippen LogP contribution in [0, 0.1) is 5.92 Å². The fraction of sp³-hybridized carbons (Fsp3) is 0.533. The molecule has 1 heterocycles. The first-order chi connectivity index (χ1) is 8.69. The van der Waals surface area contributed by atoms with Gasteiger partial charge in [0.1, 0.15) is 4.99 Å². The van der Waals surface area contributed by atoms with Gasteiger partial charge in [-0.2, -0.15) is 0 Å². The molecule has 98 valence electrons. The average molecular weight is 262 g/mol. The van der Waals surface area contributed by atoms with E-state index in [0.717, 1.165) is 18.0 Å². The fourth-order valence-electron chi connectivity index (χ4n) is 2.73. The van der Waals surface area contributed by atoms with Crippen molar-refractivity contribution in [3.63, 3.8) is 0 Å². The predicted octanol–water partition coefficient (Wildman–Crippen LogP) is 2.94. The maximum absolute atomic E-state index is 5.60. The van der Waals surface area contributed by atoms with Crippen molar-refractivity contribution >= 4 is 17.2 Å². The van der Waals surface area contributed by atoms with Crippen LogP contribution in [0.15, 0.2) is 24.3 Å². The van der Waals surface area contributed by atoms with E-state index in [-0.39, 0.29) is 0 Å². The van der Waals surface area contributed by atoms with Crippen molar-refractivity contribution in [1.29, 1.82) is 0 Å². The number of nitrogens with two attached hydrogens (primary N) is 1. The fourth-order valence-corrected chi connectivity index (χ4v) is 2.87. The molecule has 1 saturated heterocycles. The molecule has 1 aliphatic rings. The van der Waals surface area contributed by atoms with Crippen LogP contribution in [-0.4, -0.2) is 23.0 Å². The first-order valence-electron chi connectivity index (χ1n) is 6.80. The summed E-state index contributed by atoms with van der Waals surface area (Å²) in [4.78, 5) is 3.03. The molecular formula is C15H22N2S. The molecule has 1 unspecified atom stereocenters. The number of thiocarbonyl (C=S) groups is 1. The third-order valence-corrected chi connectivity index (χ3v) is 3.95. The number of benzene rings is 1. The van der Waals surface area contributed by atoms with Crippen LogP contribution in [-0.2, 0) is 6.54 Å². The Morgan fingerprint density at radius 1 is 1.39 bits per heavy atom. The highest BCUT2D eigenvalue weighted by atomic mass is 32.1. The quantitative estimate of drug-likeness (QED) is 0.827. The maximum atomic E-state index is 5.60. The number of nitrogens with zero attached hydrogens (tertiary/aromatic N) is 1. The van der Waals surface area contributed by atoms with E-state index < -0.39 is 0 Å². The zero-order valence-corrected chi connectivity index (χ0v) is 11.9. The highest BCUT2D eigenvalue weighted by Crippen LogP contribution is 2.22. The Balaban J connectivity index is 1.88. The molecule has 0 saturated carbocycles. The van der Waals surface area contributed by atoms with E-state index in [1.165, 1.54) is 37.9 Å². The van der Waals surface area contributed by atoms with E-state index in [9.17, 15) is 0 Å². The average Bonchev–Trinajstić information content (AvgIpc) is 2.78. The Morgan fingerprint density at radius 2 is 2.11 bits per heavy atom. The Labute approximate surface area is 115 Å². The smallest absolute Gasteiger partial charge is 0.103 e. The van der Waals surface area contributed by atoms with Crippen molar-refractivity contribution in [2.75, 3.05) is 13.1 Å². The standard InChI is InChI=1S/C15H22N2S/c1-2-3-12-8-9-17(10-12)11-13-4-6-14(7-5-13)15(16)18/h4-7,12H,2-3,8-11H2,1H3,(H2,16,18). The molecule has 1 aromatic rings. The highest BCUT2D eigenvalue weighted by molar-refractivity contribution is 7.80. The second-order valence-electron chi connectivity index (χ2n) is 5.24. The molecule has 18 heavy (non-hydrogen) atoms. The zero-order chi connectivity index (χ0) is 13.0. The molecular weight excluding hydrogens is 240 g/mol. The molecule has 0 bridgehead atoms. The summed E-state index contributed by atoms with van der Waals surface area (Å²) in [5.41, 5.74) is 7.91. The van der Waals surface area contributed by atoms with Gasteiger partial charge in [0.25, 0.3) is 0 Å². The predicted molar refractivity (Wildman–Crippen MR) is 80.6 cm³/mol. The minimum absolute atomic E-state index is 0.478. The molecule has 2 N–H and O–H groups in total. The van der Waals surface area contributed by atoms with Gasteiger partial charge in [-0.05, 0) is 30.9 Å². The molecule has 1 aromatic carbocycles. The van der Waals surface area contributed by atoms with Crippen molar-refractivity contribution in [1.82, 2.24) is 4.90 Å². The van der Waals surface area contributed by atoms with E-state index in [0.29, 0.717) is 4.99 Å².